The van der Waals surface area contributed by atoms with E-state index in [0.29, 0.717) is 19.8 Å². The van der Waals surface area contributed by atoms with Crippen LogP contribution in [-0.4, -0.2) is 56.6 Å². The summed E-state index contributed by atoms with van der Waals surface area (Å²) < 4.78 is 10.8. The summed E-state index contributed by atoms with van der Waals surface area (Å²) in [7, 11) is 3.64. The minimum atomic E-state index is -0.504. The van der Waals surface area contributed by atoms with E-state index in [1.54, 1.807) is 7.11 Å². The first-order valence-electron chi connectivity index (χ1n) is 7.00. The molecule has 1 aromatic carbocycles. The number of likely N-dealkylation sites (N-methyl/N-ethyl adjacent to an activating group) is 1. The molecule has 0 aliphatic rings. The highest BCUT2D eigenvalue weighted by molar-refractivity contribution is 5.44. The molecule has 1 aromatic rings. The summed E-state index contributed by atoms with van der Waals surface area (Å²) in [5.41, 5.74) is 3.45. The quantitative estimate of drug-likeness (QED) is 0.790. The number of rotatable bonds is 8. The molecular weight excluding hydrogens is 254 g/mol. The summed E-state index contributed by atoms with van der Waals surface area (Å²) in [6, 6.07) is 4.14. The lowest BCUT2D eigenvalue weighted by molar-refractivity contribution is 0.0663. The largest absolute Gasteiger partial charge is 0.490 e. The lowest BCUT2D eigenvalue weighted by Gasteiger charge is -2.21. The van der Waals surface area contributed by atoms with E-state index in [-0.39, 0.29) is 0 Å². The van der Waals surface area contributed by atoms with Gasteiger partial charge in [-0.2, -0.15) is 0 Å². The summed E-state index contributed by atoms with van der Waals surface area (Å²) in [4.78, 5) is 2.04. The second-order valence-corrected chi connectivity index (χ2v) is 5.37. The van der Waals surface area contributed by atoms with Gasteiger partial charge in [0.25, 0.3) is 0 Å². The van der Waals surface area contributed by atoms with Gasteiger partial charge in [0, 0.05) is 20.2 Å². The molecule has 0 heterocycles. The van der Waals surface area contributed by atoms with Gasteiger partial charge in [0.1, 0.15) is 18.5 Å². The zero-order valence-electron chi connectivity index (χ0n) is 13.3. The topological polar surface area (TPSA) is 41.9 Å². The van der Waals surface area contributed by atoms with E-state index in [9.17, 15) is 5.11 Å². The van der Waals surface area contributed by atoms with Crippen LogP contribution >= 0.6 is 0 Å². The van der Waals surface area contributed by atoms with E-state index >= 15 is 0 Å². The molecule has 4 nitrogen and oxygen atoms in total. The molecule has 1 unspecified atom stereocenters. The van der Waals surface area contributed by atoms with Crippen molar-refractivity contribution in [1.82, 2.24) is 4.90 Å². The molecule has 0 saturated heterocycles. The van der Waals surface area contributed by atoms with Crippen LogP contribution in [0.15, 0.2) is 12.1 Å². The first-order valence-corrected chi connectivity index (χ1v) is 7.00. The average Bonchev–Trinajstić information content (AvgIpc) is 2.40. The van der Waals surface area contributed by atoms with Crippen LogP contribution in [0.1, 0.15) is 16.7 Å². The number of aliphatic hydroxyl groups is 1. The maximum atomic E-state index is 10.0. The Balaban J connectivity index is 2.49. The highest BCUT2D eigenvalue weighted by Gasteiger charge is 2.12. The second kappa shape index (κ2) is 8.25. The van der Waals surface area contributed by atoms with Crippen molar-refractivity contribution in [1.29, 1.82) is 0 Å². The van der Waals surface area contributed by atoms with Crippen LogP contribution in [0.4, 0.5) is 0 Å². The fourth-order valence-corrected chi connectivity index (χ4v) is 2.08. The molecule has 0 spiro atoms. The number of hydrogen-bond donors (Lipinski definition) is 1. The molecule has 0 fully saturated rings. The zero-order valence-corrected chi connectivity index (χ0v) is 13.3. The number of aryl methyl sites for hydroxylation is 2. The standard InChI is InChI=1S/C16H27NO3/c1-12-6-7-13(2)16(14(12)3)20-11-15(18)10-17(4)8-9-19-5/h6-7,15,18H,8-11H2,1-5H3. The number of ether oxygens (including phenoxy) is 2. The molecule has 1 atom stereocenters. The lowest BCUT2D eigenvalue weighted by atomic mass is 10.1. The lowest BCUT2D eigenvalue weighted by Crippen LogP contribution is -2.35. The smallest absolute Gasteiger partial charge is 0.125 e. The molecule has 4 heteroatoms. The molecule has 0 radical (unpaired) electrons. The third kappa shape index (κ3) is 5.12. The van der Waals surface area contributed by atoms with Crippen molar-refractivity contribution in [2.75, 3.05) is 40.5 Å². The van der Waals surface area contributed by atoms with Gasteiger partial charge in [-0.15, -0.1) is 0 Å². The highest BCUT2D eigenvalue weighted by atomic mass is 16.5. The zero-order chi connectivity index (χ0) is 15.1. The third-order valence-electron chi connectivity index (χ3n) is 3.49. The van der Waals surface area contributed by atoms with Gasteiger partial charge in [-0.25, -0.2) is 0 Å². The molecule has 1 N–H and O–H groups in total. The average molecular weight is 281 g/mol. The van der Waals surface area contributed by atoms with Gasteiger partial charge < -0.3 is 19.5 Å². The Kier molecular flexibility index (Phi) is 6.99. The molecule has 0 aliphatic carbocycles. The minimum Gasteiger partial charge on any atom is -0.490 e. The van der Waals surface area contributed by atoms with Crippen molar-refractivity contribution >= 4 is 0 Å². The SMILES string of the molecule is COCCN(C)CC(O)COc1c(C)ccc(C)c1C. The molecule has 0 amide bonds. The summed E-state index contributed by atoms with van der Waals surface area (Å²) >= 11 is 0. The van der Waals surface area contributed by atoms with Crippen LogP contribution < -0.4 is 4.74 Å². The number of hydrogen-bond acceptors (Lipinski definition) is 4. The van der Waals surface area contributed by atoms with E-state index in [2.05, 4.69) is 26.0 Å². The third-order valence-corrected chi connectivity index (χ3v) is 3.49. The van der Waals surface area contributed by atoms with E-state index < -0.39 is 6.10 Å². The van der Waals surface area contributed by atoms with E-state index in [0.717, 1.165) is 23.4 Å². The van der Waals surface area contributed by atoms with Gasteiger partial charge in [0.15, 0.2) is 0 Å². The van der Waals surface area contributed by atoms with Crippen LogP contribution in [0.2, 0.25) is 0 Å². The van der Waals surface area contributed by atoms with Gasteiger partial charge >= 0.3 is 0 Å². The number of aliphatic hydroxyl groups excluding tert-OH is 1. The van der Waals surface area contributed by atoms with Gasteiger partial charge in [0.2, 0.25) is 0 Å². The maximum absolute atomic E-state index is 10.0. The summed E-state index contributed by atoms with van der Waals surface area (Å²) in [5.74, 6) is 0.892. The van der Waals surface area contributed by atoms with Crippen molar-refractivity contribution in [3.63, 3.8) is 0 Å². The Morgan fingerprint density at radius 2 is 1.85 bits per heavy atom. The van der Waals surface area contributed by atoms with E-state index in [1.807, 2.05) is 18.9 Å². The van der Waals surface area contributed by atoms with Gasteiger partial charge in [-0.1, -0.05) is 12.1 Å². The molecule has 20 heavy (non-hydrogen) atoms. The normalized spacial score (nSPS) is 12.8. The van der Waals surface area contributed by atoms with Crippen LogP contribution in [0.5, 0.6) is 5.75 Å². The van der Waals surface area contributed by atoms with Crippen molar-refractivity contribution in [2.24, 2.45) is 0 Å². The first kappa shape index (κ1) is 17.0. The minimum absolute atomic E-state index is 0.308. The highest BCUT2D eigenvalue weighted by Crippen LogP contribution is 2.25. The molecular formula is C16H27NO3. The molecule has 0 aliphatic heterocycles. The fraction of sp³-hybridized carbons (Fsp3) is 0.625. The monoisotopic (exact) mass is 281 g/mol. The van der Waals surface area contributed by atoms with E-state index in [1.165, 1.54) is 5.56 Å². The van der Waals surface area contributed by atoms with Gasteiger partial charge in [-0.3, -0.25) is 0 Å². The number of methoxy groups -OCH3 is 1. The Labute approximate surface area is 122 Å². The molecule has 114 valence electrons. The van der Waals surface area contributed by atoms with Crippen LogP contribution in [0.3, 0.4) is 0 Å². The van der Waals surface area contributed by atoms with Crippen LogP contribution in [-0.2, 0) is 4.74 Å². The van der Waals surface area contributed by atoms with Crippen molar-refractivity contribution in [2.45, 2.75) is 26.9 Å². The Bertz CT molecular complexity index is 420. The fourth-order valence-electron chi connectivity index (χ4n) is 2.08. The van der Waals surface area contributed by atoms with Gasteiger partial charge in [0.05, 0.1) is 6.61 Å². The predicted octanol–water partition coefficient (Wildman–Crippen LogP) is 1.93. The second-order valence-electron chi connectivity index (χ2n) is 5.37. The molecule has 0 aromatic heterocycles. The van der Waals surface area contributed by atoms with Gasteiger partial charge in [-0.05, 0) is 44.5 Å². The first-order chi connectivity index (χ1) is 9.45. The predicted molar refractivity (Wildman–Crippen MR) is 81.5 cm³/mol. The summed E-state index contributed by atoms with van der Waals surface area (Å²) in [6.45, 7) is 8.50. The van der Waals surface area contributed by atoms with Crippen molar-refractivity contribution in [3.05, 3.63) is 28.8 Å². The summed E-state index contributed by atoms with van der Waals surface area (Å²) in [6.07, 6.45) is -0.504. The number of benzene rings is 1. The number of nitrogens with zero attached hydrogens (tertiary/aromatic N) is 1. The van der Waals surface area contributed by atoms with E-state index in [4.69, 9.17) is 9.47 Å². The molecule has 0 bridgehead atoms. The maximum Gasteiger partial charge on any atom is 0.125 e. The Morgan fingerprint density at radius 3 is 2.50 bits per heavy atom. The van der Waals surface area contributed by atoms with Crippen LogP contribution in [0.25, 0.3) is 0 Å². The van der Waals surface area contributed by atoms with Crippen molar-refractivity contribution < 1.29 is 14.6 Å². The Hall–Kier alpha value is -1.10. The summed E-state index contributed by atoms with van der Waals surface area (Å²) in [5, 5.41) is 10.0. The van der Waals surface area contributed by atoms with Crippen LogP contribution in [0, 0.1) is 20.8 Å². The van der Waals surface area contributed by atoms with Crippen molar-refractivity contribution in [3.8, 4) is 5.75 Å². The Morgan fingerprint density at radius 1 is 1.20 bits per heavy atom. The molecule has 0 saturated carbocycles. The molecule has 1 rings (SSSR count).